The van der Waals surface area contributed by atoms with Gasteiger partial charge in [-0.05, 0) is 160 Å². The molecular weight excluding hydrogens is 1210 g/mol. The van der Waals surface area contributed by atoms with E-state index in [1.165, 1.54) is 347 Å². The predicted octanol–water partition coefficient (Wildman–Crippen LogP) is 26.8. The predicted molar refractivity (Wildman–Crippen MR) is 402 cm³/mol. The van der Waals surface area contributed by atoms with Crippen LogP contribution in [0, 0.1) is 124 Å². The Morgan fingerprint density at radius 1 is 0.266 bits per heavy atom. The summed E-state index contributed by atoms with van der Waals surface area (Å²) < 4.78 is 0. The van der Waals surface area contributed by atoms with E-state index in [0.29, 0.717) is 134 Å². The minimum absolute atomic E-state index is 0.261. The standard InChI is InChI=1S/C45H77BrO2.C44H76O2/c1-4-6-8-10-12-14-16-18-20-22-24-36-40-34-28-26-32(3)30-38(34)44(47)42(40)37(25-23-21-19-17-15-13-11-9-7-5-2)41-35-29-27-33(46)31-39(35)45(48)43(36)41;1-3-5-7-9-11-13-15-17-19-21-31-37-39-33-27-23-25-29-35(33)44(46)42(39)38(32-22-20-18-16-14-12-10-8-6-4-2)40-34-28-24-26-30-36(34)43(45)41(37)40/h32-43H,4-31H2,1-3H3;33-42H,3-32H2,1-2H3. The second-order valence-corrected chi connectivity index (χ2v) is 36.8. The first-order valence-electron chi connectivity index (χ1n) is 43.9. The molecule has 0 amide bonds. The van der Waals surface area contributed by atoms with Crippen molar-refractivity contribution in [2.75, 3.05) is 0 Å². The molecule has 540 valence electrons. The fourth-order valence-electron chi connectivity index (χ4n) is 25.1. The van der Waals surface area contributed by atoms with Crippen molar-refractivity contribution in [2.45, 2.75) is 412 Å². The highest BCUT2D eigenvalue weighted by molar-refractivity contribution is 9.09. The molecule has 0 bridgehead atoms. The Labute approximate surface area is 590 Å². The minimum Gasteiger partial charge on any atom is -0.299 e. The third kappa shape index (κ3) is 20.3. The number of rotatable bonds is 44. The van der Waals surface area contributed by atoms with Gasteiger partial charge in [0.05, 0.1) is 0 Å². The van der Waals surface area contributed by atoms with Crippen LogP contribution in [-0.2, 0) is 19.2 Å². The molecule has 0 saturated heterocycles. The number of halogens is 1. The van der Waals surface area contributed by atoms with Gasteiger partial charge in [0.1, 0.15) is 23.1 Å². The highest BCUT2D eigenvalue weighted by Crippen LogP contribution is 2.69. The van der Waals surface area contributed by atoms with Crippen LogP contribution in [0.2, 0.25) is 0 Å². The zero-order valence-corrected chi connectivity index (χ0v) is 64.3. The summed E-state index contributed by atoms with van der Waals surface area (Å²) >= 11 is 3.96. The number of carbonyl (C=O) groups is 4. The average Bonchev–Trinajstić information content (AvgIpc) is 1.55. The number of fused-ring (bicyclic) bond motifs is 12. The lowest BCUT2D eigenvalue weighted by molar-refractivity contribution is -0.136. The highest BCUT2D eigenvalue weighted by Gasteiger charge is 2.69. The topological polar surface area (TPSA) is 68.3 Å². The molecule has 0 aromatic rings. The lowest BCUT2D eigenvalue weighted by Gasteiger charge is -2.50. The van der Waals surface area contributed by atoms with Gasteiger partial charge in [0.15, 0.2) is 0 Å². The third-order valence-electron chi connectivity index (χ3n) is 29.4. The summed E-state index contributed by atoms with van der Waals surface area (Å²) in [5.41, 5.74) is 0. The van der Waals surface area contributed by atoms with Gasteiger partial charge in [-0.15, -0.1) is 0 Å². The SMILES string of the molecule is CCCCCCCCCCCCC1C2C(=O)C3CC(Br)CCC3C2C(CCCCCCCCCCCC)C2C(=O)C3CC(C)CCC3C12.CCCCCCCCCCCCC1C2C(=O)C3CCCCC3C2C(CCCCCCCCCCCC)C2C(=O)C3CCCCC3C12. The van der Waals surface area contributed by atoms with E-state index in [1.807, 2.05) is 0 Å². The summed E-state index contributed by atoms with van der Waals surface area (Å²) in [6.07, 6.45) is 77.1. The largest absolute Gasteiger partial charge is 0.299 e. The fraction of sp³-hybridized carbons (Fsp3) is 0.955. The van der Waals surface area contributed by atoms with E-state index in [0.717, 1.165) is 25.7 Å². The van der Waals surface area contributed by atoms with Crippen LogP contribution in [0.5, 0.6) is 0 Å². The van der Waals surface area contributed by atoms with Crippen LogP contribution in [0.1, 0.15) is 407 Å². The molecular formula is C89H153BrO4. The van der Waals surface area contributed by atoms with E-state index >= 15 is 0 Å². The van der Waals surface area contributed by atoms with Crippen LogP contribution in [0.15, 0.2) is 0 Å². The zero-order valence-electron chi connectivity index (χ0n) is 62.7. The maximum absolute atomic E-state index is 14.7. The summed E-state index contributed by atoms with van der Waals surface area (Å²) in [7, 11) is 0. The summed E-state index contributed by atoms with van der Waals surface area (Å²) in [4.78, 5) is 58.9. The third-order valence-corrected chi connectivity index (χ3v) is 30.3. The zero-order chi connectivity index (χ0) is 66.0. The maximum Gasteiger partial charge on any atom is 0.139 e. The molecule has 0 aromatic heterocycles. The molecule has 10 aliphatic carbocycles. The van der Waals surface area contributed by atoms with E-state index in [-0.39, 0.29) is 17.8 Å². The van der Waals surface area contributed by atoms with Crippen molar-refractivity contribution in [3.63, 3.8) is 0 Å². The Morgan fingerprint density at radius 2 is 0.500 bits per heavy atom. The van der Waals surface area contributed by atoms with Crippen LogP contribution in [-0.4, -0.2) is 28.0 Å². The first-order valence-corrected chi connectivity index (χ1v) is 44.9. The Bertz CT molecular complexity index is 2000. The Morgan fingerprint density at radius 3 is 0.798 bits per heavy atom. The van der Waals surface area contributed by atoms with E-state index in [1.54, 1.807) is 0 Å². The van der Waals surface area contributed by atoms with E-state index in [2.05, 4.69) is 50.5 Å². The first-order chi connectivity index (χ1) is 46.2. The number of ketones is 4. The van der Waals surface area contributed by atoms with Crippen molar-refractivity contribution in [1.82, 2.24) is 0 Å². The molecule has 10 saturated carbocycles. The molecule has 10 aliphatic rings. The number of hydrogen-bond acceptors (Lipinski definition) is 4. The fourth-order valence-corrected chi connectivity index (χ4v) is 25.8. The first kappa shape index (κ1) is 77.3. The molecule has 4 nitrogen and oxygen atoms in total. The van der Waals surface area contributed by atoms with E-state index < -0.39 is 0 Å². The number of unbranched alkanes of at least 4 members (excludes halogenated alkanes) is 36. The van der Waals surface area contributed by atoms with Crippen molar-refractivity contribution >= 4 is 39.1 Å². The Hall–Kier alpha value is -0.840. The summed E-state index contributed by atoms with van der Waals surface area (Å²) in [6.45, 7) is 11.6. The van der Waals surface area contributed by atoms with Crippen LogP contribution in [0.3, 0.4) is 0 Å². The molecule has 0 aliphatic heterocycles. The van der Waals surface area contributed by atoms with Crippen molar-refractivity contribution < 1.29 is 19.2 Å². The summed E-state index contributed by atoms with van der Waals surface area (Å²) in [5.74, 6) is 12.2. The van der Waals surface area contributed by atoms with E-state index in [4.69, 9.17) is 0 Å². The molecule has 0 heterocycles. The van der Waals surface area contributed by atoms with Crippen LogP contribution < -0.4 is 0 Å². The van der Waals surface area contributed by atoms with Crippen LogP contribution >= 0.6 is 15.9 Å². The molecule has 94 heavy (non-hydrogen) atoms. The quantitative estimate of drug-likeness (QED) is 0.0450. The van der Waals surface area contributed by atoms with Crippen molar-refractivity contribution in [3.8, 4) is 0 Å². The van der Waals surface area contributed by atoms with Gasteiger partial charge in [-0.2, -0.15) is 0 Å². The molecule has 22 atom stereocenters. The number of Topliss-reactive ketones (excluding diaryl/α,β-unsaturated/α-hetero) is 4. The van der Waals surface area contributed by atoms with Gasteiger partial charge in [-0.3, -0.25) is 19.2 Å². The minimum atomic E-state index is 0.261. The molecule has 0 spiro atoms. The van der Waals surface area contributed by atoms with Gasteiger partial charge in [-0.1, -0.05) is 339 Å². The van der Waals surface area contributed by atoms with Crippen molar-refractivity contribution in [2.24, 2.45) is 124 Å². The second kappa shape index (κ2) is 41.9. The van der Waals surface area contributed by atoms with Crippen molar-refractivity contribution in [3.05, 3.63) is 0 Å². The normalized spacial score (nSPS) is 36.3. The number of carbonyl (C=O) groups excluding carboxylic acids is 4. The summed E-state index contributed by atoms with van der Waals surface area (Å²) in [6, 6.07) is 0. The highest BCUT2D eigenvalue weighted by atomic mass is 79.9. The van der Waals surface area contributed by atoms with Gasteiger partial charge >= 0.3 is 0 Å². The molecule has 0 aromatic carbocycles. The average molecular weight is 1370 g/mol. The molecule has 22 unspecified atom stereocenters. The van der Waals surface area contributed by atoms with Gasteiger partial charge in [-0.25, -0.2) is 0 Å². The molecule has 0 radical (unpaired) electrons. The monoisotopic (exact) mass is 1370 g/mol. The number of hydrogen-bond donors (Lipinski definition) is 0. The number of alkyl halides is 1. The van der Waals surface area contributed by atoms with Gasteiger partial charge in [0.25, 0.3) is 0 Å². The molecule has 0 N–H and O–H groups in total. The Kier molecular flexibility index (Phi) is 34.5. The van der Waals surface area contributed by atoms with Gasteiger partial charge < -0.3 is 0 Å². The Balaban J connectivity index is 0.000000222. The van der Waals surface area contributed by atoms with Gasteiger partial charge in [0, 0.05) is 52.2 Å². The maximum atomic E-state index is 14.7. The van der Waals surface area contributed by atoms with Gasteiger partial charge in [0.2, 0.25) is 0 Å². The lowest BCUT2D eigenvalue weighted by atomic mass is 9.53. The molecule has 10 fully saturated rings. The molecule has 5 heteroatoms. The van der Waals surface area contributed by atoms with Crippen LogP contribution in [0.25, 0.3) is 0 Å². The summed E-state index contributed by atoms with van der Waals surface area (Å²) in [5, 5.41) is 0. The van der Waals surface area contributed by atoms with Crippen molar-refractivity contribution in [1.29, 1.82) is 0 Å². The lowest BCUT2D eigenvalue weighted by Crippen LogP contribution is -2.48. The van der Waals surface area contributed by atoms with E-state index in [9.17, 15) is 19.2 Å². The smallest absolute Gasteiger partial charge is 0.139 e. The second-order valence-electron chi connectivity index (χ2n) is 35.5. The molecule has 10 rings (SSSR count). The van der Waals surface area contributed by atoms with Crippen LogP contribution in [0.4, 0.5) is 0 Å².